The van der Waals surface area contributed by atoms with E-state index in [1.807, 2.05) is 0 Å². The normalized spacial score (nSPS) is 16.4. The number of rotatable bonds is 3. The first kappa shape index (κ1) is 17.2. The lowest BCUT2D eigenvalue weighted by Gasteiger charge is -2.26. The zero-order valence-electron chi connectivity index (χ0n) is 12.7. The summed E-state index contributed by atoms with van der Waals surface area (Å²) in [6.45, 7) is -0.984. The molecular weight excluding hydrogens is 351 g/mol. The molecule has 2 aromatic rings. The van der Waals surface area contributed by atoms with Crippen molar-refractivity contribution in [2.75, 3.05) is 23.8 Å². The van der Waals surface area contributed by atoms with Gasteiger partial charge in [0.05, 0.1) is 24.2 Å². The number of halogens is 5. The lowest BCUT2D eigenvalue weighted by molar-refractivity contribution is -0.286. The van der Waals surface area contributed by atoms with Crippen LogP contribution in [0.5, 0.6) is 0 Å². The number of aromatic nitrogens is 2. The molecule has 0 saturated carbocycles. The summed E-state index contributed by atoms with van der Waals surface area (Å²) in [7, 11) is 0. The van der Waals surface area contributed by atoms with Crippen LogP contribution >= 0.6 is 0 Å². The van der Waals surface area contributed by atoms with Crippen molar-refractivity contribution >= 4 is 28.8 Å². The first-order valence-electron chi connectivity index (χ1n) is 7.25. The van der Waals surface area contributed by atoms with E-state index in [0.29, 0.717) is 29.8 Å². The summed E-state index contributed by atoms with van der Waals surface area (Å²) in [6, 6.07) is 4.10. The van der Waals surface area contributed by atoms with Gasteiger partial charge >= 0.3 is 18.2 Å². The minimum Gasteiger partial charge on any atom is -0.449 e. The van der Waals surface area contributed by atoms with Gasteiger partial charge in [-0.1, -0.05) is 0 Å². The average molecular weight is 364 g/mol. The van der Waals surface area contributed by atoms with Gasteiger partial charge in [-0.25, -0.2) is 9.78 Å². The number of carbonyl (C=O) groups is 1. The highest BCUT2D eigenvalue weighted by atomic mass is 19.4. The zero-order chi connectivity index (χ0) is 18.4. The Morgan fingerprint density at radius 2 is 1.96 bits per heavy atom. The molecule has 0 bridgehead atoms. The summed E-state index contributed by atoms with van der Waals surface area (Å²) < 4.78 is 69.4. The maximum atomic E-state index is 13.3. The van der Waals surface area contributed by atoms with Crippen LogP contribution in [0.3, 0.4) is 0 Å². The standard InChI is InChI=1S/C14H13F5N4O2/c15-13(16,14(17,18)19)7-23-10-3-2-8(6-9(10)21-11(23)20)22-4-1-5-25-12(22)24/h2-3,6H,1,4-5,7H2,(H2,20,21). The Kier molecular flexibility index (Phi) is 3.96. The first-order valence-corrected chi connectivity index (χ1v) is 7.25. The van der Waals surface area contributed by atoms with Crippen LogP contribution in [-0.2, 0) is 11.3 Å². The number of carbonyl (C=O) groups excluding carboxylic acids is 1. The number of nitrogens with two attached hydrogens (primary N) is 1. The molecule has 25 heavy (non-hydrogen) atoms. The second kappa shape index (κ2) is 5.74. The zero-order valence-corrected chi connectivity index (χ0v) is 12.7. The molecule has 1 aromatic carbocycles. The van der Waals surface area contributed by atoms with Gasteiger partial charge in [0.2, 0.25) is 5.95 Å². The molecule has 6 nitrogen and oxygen atoms in total. The fourth-order valence-corrected chi connectivity index (χ4v) is 2.54. The Bertz CT molecular complexity index is 817. The number of amides is 1. The average Bonchev–Trinajstić information content (AvgIpc) is 2.81. The Morgan fingerprint density at radius 3 is 2.60 bits per heavy atom. The Hall–Kier alpha value is -2.59. The van der Waals surface area contributed by atoms with Crippen molar-refractivity contribution < 1.29 is 31.5 Å². The third kappa shape index (κ3) is 3.05. The van der Waals surface area contributed by atoms with Crippen LogP contribution in [0.1, 0.15) is 6.42 Å². The topological polar surface area (TPSA) is 73.4 Å². The molecule has 3 rings (SSSR count). The predicted molar refractivity (Wildman–Crippen MR) is 78.5 cm³/mol. The number of hydrogen-bond acceptors (Lipinski definition) is 4. The molecule has 11 heteroatoms. The van der Waals surface area contributed by atoms with Crippen LogP contribution in [0, 0.1) is 0 Å². The molecule has 0 aliphatic carbocycles. The first-order chi connectivity index (χ1) is 11.6. The number of benzene rings is 1. The van der Waals surface area contributed by atoms with Gasteiger partial charge in [0.1, 0.15) is 0 Å². The number of anilines is 2. The monoisotopic (exact) mass is 364 g/mol. The highest BCUT2D eigenvalue weighted by molar-refractivity contribution is 5.92. The van der Waals surface area contributed by atoms with Crippen molar-refractivity contribution in [3.8, 4) is 0 Å². The Labute approximate surface area is 138 Å². The third-order valence-corrected chi connectivity index (χ3v) is 3.82. The van der Waals surface area contributed by atoms with Gasteiger partial charge in [0, 0.05) is 12.2 Å². The maximum absolute atomic E-state index is 13.3. The summed E-state index contributed by atoms with van der Waals surface area (Å²) in [5, 5.41) is 0. The maximum Gasteiger partial charge on any atom is 0.455 e. The van der Waals surface area contributed by atoms with Crippen LogP contribution in [0.4, 0.5) is 38.4 Å². The molecule has 1 aliphatic heterocycles. The van der Waals surface area contributed by atoms with E-state index in [4.69, 9.17) is 10.5 Å². The number of nitrogens with zero attached hydrogens (tertiary/aromatic N) is 3. The molecule has 0 spiro atoms. The molecule has 0 atom stereocenters. The van der Waals surface area contributed by atoms with Gasteiger partial charge in [0.25, 0.3) is 0 Å². The van der Waals surface area contributed by atoms with E-state index < -0.39 is 30.7 Å². The molecule has 1 aromatic heterocycles. The van der Waals surface area contributed by atoms with Crippen LogP contribution in [0.2, 0.25) is 0 Å². The molecule has 136 valence electrons. The van der Waals surface area contributed by atoms with Crippen molar-refractivity contribution in [1.29, 1.82) is 0 Å². The van der Waals surface area contributed by atoms with E-state index in [1.165, 1.54) is 23.1 Å². The van der Waals surface area contributed by atoms with Crippen molar-refractivity contribution in [3.63, 3.8) is 0 Å². The summed E-state index contributed by atoms with van der Waals surface area (Å²) in [4.78, 5) is 16.9. The van der Waals surface area contributed by atoms with Gasteiger partial charge in [0.15, 0.2) is 0 Å². The summed E-state index contributed by atoms with van der Waals surface area (Å²) >= 11 is 0. The van der Waals surface area contributed by atoms with Gasteiger partial charge in [-0.05, 0) is 24.6 Å². The van der Waals surface area contributed by atoms with Gasteiger partial charge in [-0.2, -0.15) is 22.0 Å². The van der Waals surface area contributed by atoms with E-state index >= 15 is 0 Å². The van der Waals surface area contributed by atoms with Crippen LogP contribution in [0.25, 0.3) is 11.0 Å². The predicted octanol–water partition coefficient (Wildman–Crippen LogP) is 3.16. The van der Waals surface area contributed by atoms with Gasteiger partial charge < -0.3 is 15.0 Å². The molecular formula is C14H13F5N4O2. The third-order valence-electron chi connectivity index (χ3n) is 3.82. The van der Waals surface area contributed by atoms with E-state index in [2.05, 4.69) is 4.98 Å². The summed E-state index contributed by atoms with van der Waals surface area (Å²) in [6.07, 6.45) is -5.66. The van der Waals surface area contributed by atoms with Gasteiger partial charge in [-0.15, -0.1) is 0 Å². The minimum absolute atomic E-state index is 0.00977. The lowest BCUT2D eigenvalue weighted by Crippen LogP contribution is -2.40. The number of nitrogen functional groups attached to an aromatic ring is 1. The number of hydrogen-bond donors (Lipinski definition) is 1. The quantitative estimate of drug-likeness (QED) is 0.849. The molecule has 1 fully saturated rings. The van der Waals surface area contributed by atoms with Crippen molar-refractivity contribution in [2.24, 2.45) is 0 Å². The van der Waals surface area contributed by atoms with E-state index in [-0.39, 0.29) is 11.0 Å². The summed E-state index contributed by atoms with van der Waals surface area (Å²) in [5.74, 6) is -5.43. The SMILES string of the molecule is Nc1nc2cc(N3CCCOC3=O)ccc2n1CC(F)(F)C(F)(F)F. The molecule has 0 unspecified atom stereocenters. The minimum atomic E-state index is -5.70. The molecule has 0 radical (unpaired) electrons. The molecule has 1 aliphatic rings. The van der Waals surface area contributed by atoms with E-state index in [1.54, 1.807) is 0 Å². The van der Waals surface area contributed by atoms with Crippen molar-refractivity contribution in [1.82, 2.24) is 9.55 Å². The molecule has 2 N–H and O–H groups in total. The van der Waals surface area contributed by atoms with E-state index in [0.717, 1.165) is 0 Å². The molecule has 1 saturated heterocycles. The second-order valence-electron chi connectivity index (χ2n) is 5.55. The van der Waals surface area contributed by atoms with Gasteiger partial charge in [-0.3, -0.25) is 4.90 Å². The fourth-order valence-electron chi connectivity index (χ4n) is 2.54. The largest absolute Gasteiger partial charge is 0.455 e. The van der Waals surface area contributed by atoms with Crippen molar-refractivity contribution in [3.05, 3.63) is 18.2 Å². The fraction of sp³-hybridized carbons (Fsp3) is 0.429. The number of cyclic esters (lactones) is 1. The Balaban J connectivity index is 1.97. The van der Waals surface area contributed by atoms with Crippen molar-refractivity contribution in [2.45, 2.75) is 25.1 Å². The number of fused-ring (bicyclic) bond motifs is 1. The molecule has 2 heterocycles. The molecule has 1 amide bonds. The number of alkyl halides is 5. The Morgan fingerprint density at radius 1 is 1.24 bits per heavy atom. The van der Waals surface area contributed by atoms with E-state index in [9.17, 15) is 26.7 Å². The highest BCUT2D eigenvalue weighted by Crippen LogP contribution is 2.38. The lowest BCUT2D eigenvalue weighted by atomic mass is 10.2. The van der Waals surface area contributed by atoms with Crippen LogP contribution < -0.4 is 10.6 Å². The highest BCUT2D eigenvalue weighted by Gasteiger charge is 2.57. The van der Waals surface area contributed by atoms with Crippen LogP contribution in [0.15, 0.2) is 18.2 Å². The summed E-state index contributed by atoms with van der Waals surface area (Å²) in [5.41, 5.74) is 6.01. The smallest absolute Gasteiger partial charge is 0.449 e. The number of ether oxygens (including phenoxy) is 1. The second-order valence-corrected chi connectivity index (χ2v) is 5.55. The van der Waals surface area contributed by atoms with Crippen LogP contribution in [-0.4, -0.2) is 40.9 Å². The number of imidazole rings is 1.